The van der Waals surface area contributed by atoms with Crippen molar-refractivity contribution in [3.05, 3.63) is 11.6 Å². The molecule has 0 aliphatic rings. The molecule has 0 aliphatic carbocycles. The number of H-pyrrole nitrogens is 1. The van der Waals surface area contributed by atoms with Crippen LogP contribution in [0.25, 0.3) is 0 Å². The van der Waals surface area contributed by atoms with Gasteiger partial charge < -0.3 is 5.73 Å². The summed E-state index contributed by atoms with van der Waals surface area (Å²) >= 11 is 0. The lowest BCUT2D eigenvalue weighted by molar-refractivity contribution is 0.336. The van der Waals surface area contributed by atoms with Crippen molar-refractivity contribution in [3.8, 4) is 0 Å². The van der Waals surface area contributed by atoms with Crippen molar-refractivity contribution < 1.29 is 0 Å². The molecule has 0 amide bonds. The van der Waals surface area contributed by atoms with Crippen LogP contribution in [0.4, 0.5) is 0 Å². The zero-order chi connectivity index (χ0) is 10.8. The third-order valence-corrected chi connectivity index (χ3v) is 2.12. The third-order valence-electron chi connectivity index (χ3n) is 2.12. The van der Waals surface area contributed by atoms with Crippen LogP contribution in [0.3, 0.4) is 0 Å². The molecule has 1 aromatic rings. The first-order chi connectivity index (χ1) is 6.42. The van der Waals surface area contributed by atoms with Crippen LogP contribution in [-0.4, -0.2) is 21.7 Å². The zero-order valence-electron chi connectivity index (χ0n) is 9.46. The van der Waals surface area contributed by atoms with Gasteiger partial charge in [0, 0.05) is 12.5 Å². The summed E-state index contributed by atoms with van der Waals surface area (Å²) in [5, 5.41) is 7.01. The van der Waals surface area contributed by atoms with Gasteiger partial charge in [0.1, 0.15) is 5.82 Å². The van der Waals surface area contributed by atoms with E-state index in [4.69, 9.17) is 5.73 Å². The number of hydrogen-bond acceptors (Lipinski definition) is 3. The minimum absolute atomic E-state index is 0.262. The van der Waals surface area contributed by atoms with Crippen LogP contribution in [0.5, 0.6) is 0 Å². The maximum atomic E-state index is 5.73. The molecule has 14 heavy (non-hydrogen) atoms. The minimum Gasteiger partial charge on any atom is -0.330 e. The number of hydrogen-bond donors (Lipinski definition) is 2. The molecular formula is C10H20N4. The summed E-state index contributed by atoms with van der Waals surface area (Å²) in [6.07, 6.45) is 1.01. The molecule has 3 N–H and O–H groups in total. The first-order valence-electron chi connectivity index (χ1n) is 5.01. The van der Waals surface area contributed by atoms with Crippen LogP contribution in [0.1, 0.15) is 44.8 Å². The lowest BCUT2D eigenvalue weighted by Gasteiger charge is -2.22. The second-order valence-electron chi connectivity index (χ2n) is 4.98. The molecular weight excluding hydrogens is 176 g/mol. The number of nitrogens with two attached hydrogens (primary N) is 1. The van der Waals surface area contributed by atoms with E-state index in [-0.39, 0.29) is 11.3 Å². The molecule has 0 saturated heterocycles. The standard InChI is InChI=1S/C10H20N4/c1-7-12-9(14-13-7)8(6-11)5-10(2,3)4/h8H,5-6,11H2,1-4H3,(H,12,13,14). The summed E-state index contributed by atoms with van der Waals surface area (Å²) in [4.78, 5) is 4.32. The Bertz CT molecular complexity index is 285. The highest BCUT2D eigenvalue weighted by Gasteiger charge is 2.21. The molecule has 0 aliphatic heterocycles. The van der Waals surface area contributed by atoms with E-state index >= 15 is 0 Å². The topological polar surface area (TPSA) is 67.6 Å². The van der Waals surface area contributed by atoms with E-state index < -0.39 is 0 Å². The van der Waals surface area contributed by atoms with Crippen LogP contribution >= 0.6 is 0 Å². The van der Waals surface area contributed by atoms with E-state index in [1.165, 1.54) is 0 Å². The second kappa shape index (κ2) is 4.09. The van der Waals surface area contributed by atoms with Crippen molar-refractivity contribution >= 4 is 0 Å². The van der Waals surface area contributed by atoms with Gasteiger partial charge in [0.05, 0.1) is 0 Å². The van der Waals surface area contributed by atoms with Crippen LogP contribution in [0.2, 0.25) is 0 Å². The number of aromatic amines is 1. The Morgan fingerprint density at radius 1 is 1.43 bits per heavy atom. The van der Waals surface area contributed by atoms with Gasteiger partial charge in [-0.25, -0.2) is 4.98 Å². The molecule has 0 spiro atoms. The Labute approximate surface area is 85.3 Å². The Hall–Kier alpha value is -0.900. The maximum Gasteiger partial charge on any atom is 0.155 e. The second-order valence-corrected chi connectivity index (χ2v) is 4.98. The minimum atomic E-state index is 0.262. The molecule has 0 fully saturated rings. The molecule has 0 bridgehead atoms. The summed E-state index contributed by atoms with van der Waals surface area (Å²) < 4.78 is 0. The lowest BCUT2D eigenvalue weighted by Crippen LogP contribution is -2.20. The van der Waals surface area contributed by atoms with Gasteiger partial charge in [-0.3, -0.25) is 5.10 Å². The van der Waals surface area contributed by atoms with Crippen molar-refractivity contribution in [3.63, 3.8) is 0 Å². The first kappa shape index (κ1) is 11.2. The van der Waals surface area contributed by atoms with E-state index in [0.717, 1.165) is 18.1 Å². The average molecular weight is 196 g/mol. The molecule has 1 atom stereocenters. The van der Waals surface area contributed by atoms with E-state index in [1.54, 1.807) is 0 Å². The number of nitrogens with one attached hydrogen (secondary N) is 1. The van der Waals surface area contributed by atoms with E-state index in [9.17, 15) is 0 Å². The predicted molar refractivity (Wildman–Crippen MR) is 57.0 cm³/mol. The highest BCUT2D eigenvalue weighted by atomic mass is 15.2. The molecule has 1 heterocycles. The molecule has 0 aromatic carbocycles. The van der Waals surface area contributed by atoms with Gasteiger partial charge in [-0.05, 0) is 18.8 Å². The van der Waals surface area contributed by atoms with Gasteiger partial charge in [0.2, 0.25) is 0 Å². The van der Waals surface area contributed by atoms with Gasteiger partial charge >= 0.3 is 0 Å². The van der Waals surface area contributed by atoms with Crippen LogP contribution in [-0.2, 0) is 0 Å². The summed E-state index contributed by atoms with van der Waals surface area (Å²) in [6, 6.07) is 0. The van der Waals surface area contributed by atoms with Gasteiger partial charge in [-0.1, -0.05) is 20.8 Å². The number of aromatic nitrogens is 3. The number of nitrogens with zero attached hydrogens (tertiary/aromatic N) is 2. The molecule has 4 heteroatoms. The number of aryl methyl sites for hydroxylation is 1. The van der Waals surface area contributed by atoms with Gasteiger partial charge in [-0.2, -0.15) is 5.10 Å². The summed E-state index contributed by atoms with van der Waals surface area (Å²) in [6.45, 7) is 9.12. The summed E-state index contributed by atoms with van der Waals surface area (Å²) in [5.74, 6) is 1.97. The van der Waals surface area contributed by atoms with Gasteiger partial charge in [-0.15, -0.1) is 0 Å². The Morgan fingerprint density at radius 3 is 2.43 bits per heavy atom. The monoisotopic (exact) mass is 196 g/mol. The molecule has 4 nitrogen and oxygen atoms in total. The molecule has 1 aromatic heterocycles. The van der Waals surface area contributed by atoms with Crippen molar-refractivity contribution in [2.75, 3.05) is 6.54 Å². The molecule has 0 saturated carbocycles. The Morgan fingerprint density at radius 2 is 2.07 bits per heavy atom. The van der Waals surface area contributed by atoms with Crippen molar-refractivity contribution in [1.29, 1.82) is 0 Å². The van der Waals surface area contributed by atoms with E-state index in [2.05, 4.69) is 36.0 Å². The normalized spacial score (nSPS) is 14.4. The largest absolute Gasteiger partial charge is 0.330 e. The predicted octanol–water partition coefficient (Wildman–Crippen LogP) is 1.59. The fraction of sp³-hybridized carbons (Fsp3) is 0.800. The quantitative estimate of drug-likeness (QED) is 0.771. The highest BCUT2D eigenvalue weighted by molar-refractivity contribution is 4.98. The average Bonchev–Trinajstić information content (AvgIpc) is 2.46. The highest BCUT2D eigenvalue weighted by Crippen LogP contribution is 2.28. The Balaban J connectivity index is 2.72. The van der Waals surface area contributed by atoms with Crippen LogP contribution < -0.4 is 5.73 Å². The molecule has 1 unspecified atom stereocenters. The fourth-order valence-corrected chi connectivity index (χ4v) is 1.56. The van der Waals surface area contributed by atoms with Gasteiger partial charge in [0.25, 0.3) is 0 Å². The molecule has 80 valence electrons. The number of rotatable bonds is 3. The Kier molecular flexibility index (Phi) is 3.26. The maximum absolute atomic E-state index is 5.73. The van der Waals surface area contributed by atoms with Crippen molar-refractivity contribution in [1.82, 2.24) is 15.2 Å². The van der Waals surface area contributed by atoms with Crippen molar-refractivity contribution in [2.45, 2.75) is 40.0 Å². The van der Waals surface area contributed by atoms with Crippen molar-refractivity contribution in [2.24, 2.45) is 11.1 Å². The molecule has 1 rings (SSSR count). The lowest BCUT2D eigenvalue weighted by atomic mass is 9.84. The van der Waals surface area contributed by atoms with Crippen LogP contribution in [0, 0.1) is 12.3 Å². The zero-order valence-corrected chi connectivity index (χ0v) is 9.46. The third kappa shape index (κ3) is 3.10. The van der Waals surface area contributed by atoms with E-state index in [0.29, 0.717) is 6.54 Å². The first-order valence-corrected chi connectivity index (χ1v) is 5.01. The molecule has 0 radical (unpaired) electrons. The smallest absolute Gasteiger partial charge is 0.155 e. The van der Waals surface area contributed by atoms with E-state index in [1.807, 2.05) is 6.92 Å². The summed E-state index contributed by atoms with van der Waals surface area (Å²) in [5.41, 5.74) is 5.99. The SMILES string of the molecule is Cc1nc(C(CN)CC(C)(C)C)n[nH]1. The van der Waals surface area contributed by atoms with Gasteiger partial charge in [0.15, 0.2) is 5.82 Å². The fourth-order valence-electron chi connectivity index (χ4n) is 1.56. The summed E-state index contributed by atoms with van der Waals surface area (Å²) in [7, 11) is 0. The van der Waals surface area contributed by atoms with Crippen LogP contribution in [0.15, 0.2) is 0 Å².